The highest BCUT2D eigenvalue weighted by molar-refractivity contribution is 6.32. The normalized spacial score (nSPS) is 18.8. The molecule has 2 N–H and O–H groups in total. The first kappa shape index (κ1) is 20.6. The third-order valence-electron chi connectivity index (χ3n) is 5.17. The predicted molar refractivity (Wildman–Crippen MR) is 120 cm³/mol. The number of para-hydroxylation sites is 1. The van der Waals surface area contributed by atoms with Crippen molar-refractivity contribution in [3.05, 3.63) is 47.1 Å². The molecule has 2 aromatic rings. The van der Waals surface area contributed by atoms with Crippen LogP contribution < -0.4 is 25.0 Å². The van der Waals surface area contributed by atoms with Gasteiger partial charge in [-0.1, -0.05) is 23.7 Å². The third-order valence-corrected chi connectivity index (χ3v) is 5.47. The Balaban J connectivity index is 1.42. The lowest BCUT2D eigenvalue weighted by atomic mass is 10.2. The third kappa shape index (κ3) is 4.90. The van der Waals surface area contributed by atoms with Crippen LogP contribution in [-0.4, -0.2) is 49.8 Å². The summed E-state index contributed by atoms with van der Waals surface area (Å²) in [4.78, 5) is 11.4. The van der Waals surface area contributed by atoms with Gasteiger partial charge in [-0.25, -0.2) is 9.98 Å². The molecule has 0 amide bonds. The van der Waals surface area contributed by atoms with E-state index in [4.69, 9.17) is 26.1 Å². The van der Waals surface area contributed by atoms with Crippen molar-refractivity contribution in [2.24, 2.45) is 4.99 Å². The molecule has 2 aliphatic rings. The fourth-order valence-electron chi connectivity index (χ4n) is 3.74. The van der Waals surface area contributed by atoms with E-state index in [0.29, 0.717) is 24.8 Å². The molecule has 1 aromatic carbocycles. The van der Waals surface area contributed by atoms with Crippen molar-refractivity contribution in [1.29, 1.82) is 0 Å². The summed E-state index contributed by atoms with van der Waals surface area (Å²) in [5.41, 5.74) is 1.03. The second-order valence-electron chi connectivity index (χ2n) is 7.37. The molecule has 0 bridgehead atoms. The van der Waals surface area contributed by atoms with Gasteiger partial charge in [-0.3, -0.25) is 0 Å². The van der Waals surface area contributed by atoms with Crippen LogP contribution in [0.25, 0.3) is 0 Å². The molecule has 1 unspecified atom stereocenters. The minimum atomic E-state index is 0.272. The van der Waals surface area contributed by atoms with Gasteiger partial charge in [0.25, 0.3) is 0 Å². The van der Waals surface area contributed by atoms with Gasteiger partial charge in [0.2, 0.25) is 0 Å². The van der Waals surface area contributed by atoms with E-state index in [1.807, 2.05) is 30.3 Å². The van der Waals surface area contributed by atoms with Crippen LogP contribution in [0.3, 0.4) is 0 Å². The maximum Gasteiger partial charge on any atom is 0.191 e. The number of guanidine groups is 1. The Labute approximate surface area is 182 Å². The van der Waals surface area contributed by atoms with E-state index >= 15 is 0 Å². The number of nitrogens with zero attached hydrogens (tertiary/aromatic N) is 3. The Morgan fingerprint density at radius 3 is 3.03 bits per heavy atom. The zero-order valence-corrected chi connectivity index (χ0v) is 18.0. The van der Waals surface area contributed by atoms with Crippen molar-refractivity contribution in [3.8, 4) is 11.5 Å². The number of ether oxygens (including phenoxy) is 2. The Morgan fingerprint density at radius 2 is 2.17 bits per heavy atom. The molecule has 8 heteroatoms. The van der Waals surface area contributed by atoms with Gasteiger partial charge in [-0.15, -0.1) is 0 Å². The molecule has 7 nitrogen and oxygen atoms in total. The van der Waals surface area contributed by atoms with Gasteiger partial charge in [-0.05, 0) is 31.5 Å². The van der Waals surface area contributed by atoms with Gasteiger partial charge < -0.3 is 25.0 Å². The highest BCUT2D eigenvalue weighted by Crippen LogP contribution is 2.33. The van der Waals surface area contributed by atoms with Crippen LogP contribution in [0.1, 0.15) is 25.3 Å². The van der Waals surface area contributed by atoms with Crippen LogP contribution in [0.5, 0.6) is 11.5 Å². The van der Waals surface area contributed by atoms with Crippen molar-refractivity contribution in [3.63, 3.8) is 0 Å². The minimum absolute atomic E-state index is 0.272. The van der Waals surface area contributed by atoms with Crippen LogP contribution in [0.2, 0.25) is 5.02 Å². The zero-order chi connectivity index (χ0) is 20.8. The zero-order valence-electron chi connectivity index (χ0n) is 17.2. The van der Waals surface area contributed by atoms with Crippen LogP contribution >= 0.6 is 11.6 Å². The van der Waals surface area contributed by atoms with Gasteiger partial charge in [-0.2, -0.15) is 0 Å². The molecule has 160 valence electrons. The molecule has 0 spiro atoms. The van der Waals surface area contributed by atoms with Gasteiger partial charge in [0, 0.05) is 43.9 Å². The topological polar surface area (TPSA) is 71.0 Å². The van der Waals surface area contributed by atoms with Gasteiger partial charge in [0.1, 0.15) is 5.82 Å². The molecule has 1 fully saturated rings. The lowest BCUT2D eigenvalue weighted by molar-refractivity contribution is 0.296. The SMILES string of the molecule is CCNC(=NCc1cccc2c1OCCCO2)NC1CCN(c2ncccc2Cl)C1. The fraction of sp³-hybridized carbons (Fsp3) is 0.455. The lowest BCUT2D eigenvalue weighted by Crippen LogP contribution is -2.44. The average Bonchev–Trinajstić information content (AvgIpc) is 3.07. The van der Waals surface area contributed by atoms with Crippen LogP contribution in [0.15, 0.2) is 41.5 Å². The van der Waals surface area contributed by atoms with Gasteiger partial charge in [0.15, 0.2) is 17.5 Å². The molecule has 3 heterocycles. The first-order valence-electron chi connectivity index (χ1n) is 10.5. The molecular weight excluding hydrogens is 402 g/mol. The first-order valence-corrected chi connectivity index (χ1v) is 10.9. The van der Waals surface area contributed by atoms with Gasteiger partial charge >= 0.3 is 0 Å². The summed E-state index contributed by atoms with van der Waals surface area (Å²) >= 11 is 6.31. The number of halogens is 1. The molecule has 2 aliphatic heterocycles. The summed E-state index contributed by atoms with van der Waals surface area (Å²) in [5, 5.41) is 7.58. The summed E-state index contributed by atoms with van der Waals surface area (Å²) in [6.07, 6.45) is 3.66. The predicted octanol–water partition coefficient (Wildman–Crippen LogP) is 3.23. The molecular formula is C22H28ClN5O2. The van der Waals surface area contributed by atoms with E-state index in [0.717, 1.165) is 61.3 Å². The number of nitrogens with one attached hydrogen (secondary N) is 2. The van der Waals surface area contributed by atoms with Crippen molar-refractivity contribution < 1.29 is 9.47 Å². The van der Waals surface area contributed by atoms with Crippen molar-refractivity contribution >= 4 is 23.4 Å². The number of benzene rings is 1. The molecule has 4 rings (SSSR count). The smallest absolute Gasteiger partial charge is 0.191 e. The maximum atomic E-state index is 6.31. The van der Waals surface area contributed by atoms with E-state index in [9.17, 15) is 0 Å². The van der Waals surface area contributed by atoms with E-state index in [2.05, 4.69) is 27.4 Å². The largest absolute Gasteiger partial charge is 0.490 e. The Bertz CT molecular complexity index is 892. The Hall–Kier alpha value is -2.67. The molecule has 1 saturated heterocycles. The highest BCUT2D eigenvalue weighted by Gasteiger charge is 2.25. The number of rotatable bonds is 5. The molecule has 1 aromatic heterocycles. The molecule has 1 atom stereocenters. The van der Waals surface area contributed by atoms with E-state index in [1.54, 1.807) is 6.20 Å². The van der Waals surface area contributed by atoms with E-state index in [-0.39, 0.29) is 6.04 Å². The number of aliphatic imine (C=N–C) groups is 1. The monoisotopic (exact) mass is 429 g/mol. The molecule has 0 saturated carbocycles. The molecule has 0 radical (unpaired) electrons. The van der Waals surface area contributed by atoms with E-state index < -0.39 is 0 Å². The van der Waals surface area contributed by atoms with Gasteiger partial charge in [0.05, 0.1) is 24.8 Å². The first-order chi connectivity index (χ1) is 14.7. The number of fused-ring (bicyclic) bond motifs is 1. The summed E-state index contributed by atoms with van der Waals surface area (Å²) in [7, 11) is 0. The molecule has 30 heavy (non-hydrogen) atoms. The maximum absolute atomic E-state index is 6.31. The van der Waals surface area contributed by atoms with Crippen LogP contribution in [0, 0.1) is 0 Å². The Morgan fingerprint density at radius 1 is 1.27 bits per heavy atom. The number of hydrogen-bond donors (Lipinski definition) is 2. The second kappa shape index (κ2) is 9.89. The number of anilines is 1. The van der Waals surface area contributed by atoms with Crippen molar-refractivity contribution in [1.82, 2.24) is 15.6 Å². The molecule has 0 aliphatic carbocycles. The number of pyridine rings is 1. The number of aromatic nitrogens is 1. The minimum Gasteiger partial charge on any atom is -0.490 e. The fourth-order valence-corrected chi connectivity index (χ4v) is 3.98. The van der Waals surface area contributed by atoms with Crippen molar-refractivity contribution in [2.75, 3.05) is 37.7 Å². The average molecular weight is 430 g/mol. The standard InChI is InChI=1S/C22H28ClN5O2/c1-2-24-22(26-14-16-6-3-8-19-20(16)30-13-5-12-29-19)27-17-9-11-28(15-17)21-18(23)7-4-10-25-21/h3-4,6-8,10,17H,2,5,9,11-15H2,1H3,(H2,24,26,27). The van der Waals surface area contributed by atoms with Crippen molar-refractivity contribution in [2.45, 2.75) is 32.4 Å². The van der Waals surface area contributed by atoms with E-state index in [1.165, 1.54) is 0 Å². The van der Waals surface area contributed by atoms with Crippen LogP contribution in [-0.2, 0) is 6.54 Å². The lowest BCUT2D eigenvalue weighted by Gasteiger charge is -2.20. The summed E-state index contributed by atoms with van der Waals surface area (Å²) < 4.78 is 11.7. The Kier molecular flexibility index (Phi) is 6.79. The summed E-state index contributed by atoms with van der Waals surface area (Å²) in [6, 6.07) is 9.99. The summed E-state index contributed by atoms with van der Waals surface area (Å²) in [5.74, 6) is 3.25. The highest BCUT2D eigenvalue weighted by atomic mass is 35.5. The summed E-state index contributed by atoms with van der Waals surface area (Å²) in [6.45, 7) is 6.47. The quantitative estimate of drug-likeness (QED) is 0.561. The van der Waals surface area contributed by atoms with Crippen LogP contribution in [0.4, 0.5) is 5.82 Å². The number of hydrogen-bond acceptors (Lipinski definition) is 5. The second-order valence-corrected chi connectivity index (χ2v) is 7.78.